The summed E-state index contributed by atoms with van der Waals surface area (Å²) in [6.07, 6.45) is 0. The van der Waals surface area contributed by atoms with Crippen LogP contribution in [0.25, 0.3) is 0 Å². The van der Waals surface area contributed by atoms with Crippen LogP contribution < -0.4 is 0 Å². The predicted molar refractivity (Wildman–Crippen MR) is 70.4 cm³/mol. The van der Waals surface area contributed by atoms with Crippen molar-refractivity contribution in [1.29, 1.82) is 0 Å². The number of carboxylic acid groups (broad SMARTS) is 1. The van der Waals surface area contributed by atoms with Gasteiger partial charge in [0.25, 0.3) is 0 Å². The molecule has 0 saturated carbocycles. The van der Waals surface area contributed by atoms with E-state index in [0.717, 1.165) is 9.10 Å². The van der Waals surface area contributed by atoms with E-state index in [9.17, 15) is 4.79 Å². The number of carbonyl (C=O) groups is 1. The molecule has 1 N–H and O–H groups in total. The Morgan fingerprint density at radius 1 is 1.12 bits per heavy atom. The van der Waals surface area contributed by atoms with Crippen LogP contribution in [0.4, 0.5) is 0 Å². The van der Waals surface area contributed by atoms with Crippen molar-refractivity contribution >= 4 is 66.8 Å². The topological polar surface area (TPSA) is 37.3 Å². The Kier molecular flexibility index (Phi) is 5.86. The van der Waals surface area contributed by atoms with Gasteiger partial charge in [0.1, 0.15) is 4.88 Å². The van der Waals surface area contributed by atoms with Crippen LogP contribution in [-0.4, -0.2) is 48.8 Å². The summed E-state index contributed by atoms with van der Waals surface area (Å²) in [5.74, 6) is -0.861. The molecule has 2 rings (SSSR count). The van der Waals surface area contributed by atoms with Crippen LogP contribution in [0.1, 0.15) is 9.67 Å². The second-order valence-electron chi connectivity index (χ2n) is 2.84. The summed E-state index contributed by atoms with van der Waals surface area (Å²) >= 11 is 2.88. The molecule has 0 saturated heterocycles. The number of thiophene rings is 1. The minimum atomic E-state index is -0.861. The first-order valence-electron chi connectivity index (χ1n) is 4.32. The molecule has 0 amide bonds. The third kappa shape index (κ3) is 3.79. The van der Waals surface area contributed by atoms with Gasteiger partial charge in [0, 0.05) is 4.90 Å². The summed E-state index contributed by atoms with van der Waals surface area (Å²) in [6.45, 7) is 0. The van der Waals surface area contributed by atoms with Crippen molar-refractivity contribution in [3.63, 3.8) is 0 Å². The number of rotatable bonds is 3. The summed E-state index contributed by atoms with van der Waals surface area (Å²) < 4.78 is 0.999. The third-order valence-corrected chi connectivity index (χ3v) is 3.97. The van der Waals surface area contributed by atoms with Crippen molar-refractivity contribution in [2.24, 2.45) is 0 Å². The van der Waals surface area contributed by atoms with E-state index in [1.54, 1.807) is 17.8 Å². The van der Waals surface area contributed by atoms with Crippen molar-refractivity contribution < 1.29 is 9.90 Å². The maximum atomic E-state index is 10.7. The van der Waals surface area contributed by atoms with E-state index in [1.165, 1.54) is 11.3 Å². The van der Waals surface area contributed by atoms with E-state index in [0.29, 0.717) is 4.88 Å². The van der Waals surface area contributed by atoms with Gasteiger partial charge in [-0.2, -0.15) is 0 Å². The maximum absolute atomic E-state index is 10.7. The standard InChI is InChI=1S/C11H8O2S2.Ca.2H/c12-11(13)9-6-7-10(15-9)14-8-4-2-1-3-5-8;;;/h1-7H,(H,12,13);;;. The molecule has 0 spiro atoms. The molecule has 0 bridgehead atoms. The van der Waals surface area contributed by atoms with Gasteiger partial charge in [-0.05, 0) is 24.3 Å². The van der Waals surface area contributed by atoms with Gasteiger partial charge in [0.15, 0.2) is 0 Å². The number of benzene rings is 1. The van der Waals surface area contributed by atoms with Crippen molar-refractivity contribution in [2.75, 3.05) is 0 Å². The summed E-state index contributed by atoms with van der Waals surface area (Å²) in [6, 6.07) is 13.4. The van der Waals surface area contributed by atoms with Gasteiger partial charge in [0.2, 0.25) is 0 Å². The number of carboxylic acids is 1. The average Bonchev–Trinajstić information content (AvgIpc) is 2.68. The molecule has 2 aromatic rings. The van der Waals surface area contributed by atoms with Gasteiger partial charge in [-0.3, -0.25) is 0 Å². The molecule has 0 aliphatic rings. The van der Waals surface area contributed by atoms with Crippen LogP contribution in [-0.2, 0) is 0 Å². The molecule has 1 aromatic heterocycles. The molecule has 5 heteroatoms. The number of hydrogen-bond donors (Lipinski definition) is 1. The zero-order valence-electron chi connectivity index (χ0n) is 7.71. The van der Waals surface area contributed by atoms with Crippen LogP contribution >= 0.6 is 23.1 Å². The van der Waals surface area contributed by atoms with Gasteiger partial charge in [0.05, 0.1) is 4.21 Å². The molecule has 80 valence electrons. The fraction of sp³-hybridized carbons (Fsp3) is 0. The van der Waals surface area contributed by atoms with Crippen molar-refractivity contribution in [3.8, 4) is 0 Å². The Morgan fingerprint density at radius 2 is 1.81 bits per heavy atom. The molecule has 1 aromatic carbocycles. The first-order chi connectivity index (χ1) is 7.25. The monoisotopic (exact) mass is 278 g/mol. The summed E-state index contributed by atoms with van der Waals surface area (Å²) in [4.78, 5) is 12.2. The SMILES string of the molecule is O=C(O)c1ccc(Sc2ccccc2)s1.[CaH2]. The Morgan fingerprint density at radius 3 is 2.38 bits per heavy atom. The molecule has 1 heterocycles. The number of hydrogen-bond acceptors (Lipinski definition) is 3. The van der Waals surface area contributed by atoms with E-state index in [-0.39, 0.29) is 37.7 Å². The van der Waals surface area contributed by atoms with Gasteiger partial charge in [-0.1, -0.05) is 30.0 Å². The quantitative estimate of drug-likeness (QED) is 0.877. The van der Waals surface area contributed by atoms with Crippen molar-refractivity contribution in [3.05, 3.63) is 47.3 Å². The molecule has 0 aliphatic carbocycles. The van der Waals surface area contributed by atoms with Crippen LogP contribution in [0.15, 0.2) is 51.6 Å². The zero-order valence-corrected chi connectivity index (χ0v) is 9.35. The van der Waals surface area contributed by atoms with Gasteiger partial charge in [-0.15, -0.1) is 11.3 Å². The fourth-order valence-electron chi connectivity index (χ4n) is 1.09. The van der Waals surface area contributed by atoms with E-state index in [1.807, 2.05) is 36.4 Å². The Hall–Kier alpha value is -0.000260. The molecule has 0 unspecified atom stereocenters. The summed E-state index contributed by atoms with van der Waals surface area (Å²) in [5.41, 5.74) is 0. The Labute approximate surface area is 132 Å². The van der Waals surface area contributed by atoms with Gasteiger partial charge < -0.3 is 5.11 Å². The van der Waals surface area contributed by atoms with Crippen LogP contribution in [0.5, 0.6) is 0 Å². The van der Waals surface area contributed by atoms with Crippen molar-refractivity contribution in [1.82, 2.24) is 0 Å². The second kappa shape index (κ2) is 6.67. The summed E-state index contributed by atoms with van der Waals surface area (Å²) in [5, 5.41) is 8.77. The normalized spacial score (nSPS) is 9.50. The van der Waals surface area contributed by atoms with Crippen molar-refractivity contribution in [2.45, 2.75) is 9.10 Å². The Balaban J connectivity index is 0.00000128. The van der Waals surface area contributed by atoms with E-state index >= 15 is 0 Å². The summed E-state index contributed by atoms with van der Waals surface area (Å²) in [7, 11) is 0. The fourth-order valence-corrected chi connectivity index (χ4v) is 3.06. The zero-order chi connectivity index (χ0) is 10.7. The van der Waals surface area contributed by atoms with Gasteiger partial charge >= 0.3 is 43.7 Å². The Bertz CT molecular complexity index is 468. The molecule has 16 heavy (non-hydrogen) atoms. The van der Waals surface area contributed by atoms with E-state index in [2.05, 4.69) is 0 Å². The second-order valence-corrected chi connectivity index (χ2v) is 5.30. The predicted octanol–water partition coefficient (Wildman–Crippen LogP) is 2.68. The molecule has 0 radical (unpaired) electrons. The van der Waals surface area contributed by atoms with E-state index in [4.69, 9.17) is 5.11 Å². The minimum absolute atomic E-state index is 0. The third-order valence-electron chi connectivity index (χ3n) is 1.75. The molecule has 0 fully saturated rings. The molecule has 2 nitrogen and oxygen atoms in total. The number of aromatic carboxylic acids is 1. The molecule has 0 atom stereocenters. The molecule has 0 aliphatic heterocycles. The van der Waals surface area contributed by atoms with Gasteiger partial charge in [-0.25, -0.2) is 4.79 Å². The van der Waals surface area contributed by atoms with Crippen LogP contribution in [0, 0.1) is 0 Å². The average molecular weight is 278 g/mol. The van der Waals surface area contributed by atoms with E-state index < -0.39 is 5.97 Å². The molecular formula is C11H10CaO2S2. The van der Waals surface area contributed by atoms with Crippen LogP contribution in [0.2, 0.25) is 0 Å². The van der Waals surface area contributed by atoms with Crippen LogP contribution in [0.3, 0.4) is 0 Å². The molecular weight excluding hydrogens is 268 g/mol. The first-order valence-corrected chi connectivity index (χ1v) is 5.95. The first kappa shape index (κ1) is 14.1.